The van der Waals surface area contributed by atoms with E-state index in [1.807, 2.05) is 18.2 Å². The minimum absolute atomic E-state index is 0.511. The number of rotatable bonds is 6. The third kappa shape index (κ3) is 4.03. The molecule has 160 valence electrons. The fourth-order valence-electron chi connectivity index (χ4n) is 4.51. The summed E-state index contributed by atoms with van der Waals surface area (Å²) in [5.74, 6) is 0.827. The Kier molecular flexibility index (Phi) is 5.38. The molecule has 1 fully saturated rings. The molecule has 2 aromatic carbocycles. The van der Waals surface area contributed by atoms with Crippen molar-refractivity contribution in [1.29, 1.82) is 0 Å². The SMILES string of the molecule is Cc1cccc(N2CCN(CCCNc3nn4nnnc4c4ccccc34)C[C@@H]2C)c1. The van der Waals surface area contributed by atoms with Crippen LogP contribution in [0.3, 0.4) is 0 Å². The molecule has 0 aliphatic carbocycles. The third-order valence-corrected chi connectivity index (χ3v) is 6.06. The van der Waals surface area contributed by atoms with Gasteiger partial charge in [0.05, 0.1) is 0 Å². The summed E-state index contributed by atoms with van der Waals surface area (Å²) < 4.78 is 1.50. The number of aromatic nitrogens is 5. The monoisotopic (exact) mass is 416 g/mol. The first-order valence-electron chi connectivity index (χ1n) is 11.0. The molecule has 0 amide bonds. The van der Waals surface area contributed by atoms with Crippen molar-refractivity contribution in [3.05, 3.63) is 54.1 Å². The fraction of sp³-hybridized carbons (Fsp3) is 0.391. The van der Waals surface area contributed by atoms with Gasteiger partial charge in [0.2, 0.25) is 5.65 Å². The van der Waals surface area contributed by atoms with E-state index in [0.29, 0.717) is 11.7 Å². The van der Waals surface area contributed by atoms with Gasteiger partial charge in [0.1, 0.15) is 0 Å². The number of aryl methyl sites for hydroxylation is 1. The second kappa shape index (κ2) is 8.47. The Hall–Kier alpha value is -3.26. The highest BCUT2D eigenvalue weighted by molar-refractivity contribution is 5.99. The summed E-state index contributed by atoms with van der Waals surface area (Å²) in [5.41, 5.74) is 3.34. The van der Waals surface area contributed by atoms with Crippen molar-refractivity contribution >= 4 is 27.9 Å². The highest BCUT2D eigenvalue weighted by atomic mass is 15.6. The molecule has 0 unspecified atom stereocenters. The van der Waals surface area contributed by atoms with E-state index in [-0.39, 0.29) is 0 Å². The maximum Gasteiger partial charge on any atom is 0.207 e. The van der Waals surface area contributed by atoms with Crippen molar-refractivity contribution in [2.75, 3.05) is 42.9 Å². The lowest BCUT2D eigenvalue weighted by Gasteiger charge is -2.41. The quantitative estimate of drug-likeness (QED) is 0.484. The molecule has 0 spiro atoms. The molecule has 1 atom stereocenters. The highest BCUT2D eigenvalue weighted by Crippen LogP contribution is 2.24. The first-order chi connectivity index (χ1) is 15.2. The van der Waals surface area contributed by atoms with Crippen molar-refractivity contribution < 1.29 is 0 Å². The van der Waals surface area contributed by atoms with Crippen LogP contribution < -0.4 is 10.2 Å². The zero-order chi connectivity index (χ0) is 21.2. The summed E-state index contributed by atoms with van der Waals surface area (Å²) >= 11 is 0. The van der Waals surface area contributed by atoms with E-state index >= 15 is 0 Å². The van der Waals surface area contributed by atoms with Crippen LogP contribution in [0.25, 0.3) is 16.4 Å². The van der Waals surface area contributed by atoms with Crippen LogP contribution in [-0.2, 0) is 0 Å². The van der Waals surface area contributed by atoms with Crippen LogP contribution in [0.2, 0.25) is 0 Å². The van der Waals surface area contributed by atoms with Crippen LogP contribution in [0.4, 0.5) is 11.5 Å². The lowest BCUT2D eigenvalue weighted by Crippen LogP contribution is -2.52. The predicted octanol–water partition coefficient (Wildman–Crippen LogP) is 2.99. The van der Waals surface area contributed by atoms with E-state index in [1.165, 1.54) is 15.9 Å². The largest absolute Gasteiger partial charge is 0.368 e. The summed E-state index contributed by atoms with van der Waals surface area (Å²) in [4.78, 5) is 5.09. The van der Waals surface area contributed by atoms with Gasteiger partial charge in [-0.3, -0.25) is 4.90 Å². The lowest BCUT2D eigenvalue weighted by atomic mass is 10.1. The molecule has 31 heavy (non-hydrogen) atoms. The Morgan fingerprint density at radius 1 is 1.06 bits per heavy atom. The molecule has 4 aromatic rings. The Balaban J connectivity index is 1.17. The normalized spacial score (nSPS) is 17.5. The molecule has 2 aromatic heterocycles. The van der Waals surface area contributed by atoms with Gasteiger partial charge in [-0.25, -0.2) is 0 Å². The first-order valence-corrected chi connectivity index (χ1v) is 11.0. The van der Waals surface area contributed by atoms with E-state index in [2.05, 4.69) is 79.9 Å². The number of anilines is 2. The van der Waals surface area contributed by atoms with Gasteiger partial charge in [0, 0.05) is 48.7 Å². The predicted molar refractivity (Wildman–Crippen MR) is 124 cm³/mol. The number of hydrogen-bond donors (Lipinski definition) is 1. The van der Waals surface area contributed by atoms with Crippen molar-refractivity contribution in [2.45, 2.75) is 26.3 Å². The Morgan fingerprint density at radius 2 is 1.94 bits per heavy atom. The average molecular weight is 417 g/mol. The van der Waals surface area contributed by atoms with Crippen molar-refractivity contribution in [2.24, 2.45) is 0 Å². The third-order valence-electron chi connectivity index (χ3n) is 6.06. The molecule has 5 rings (SSSR count). The molecular weight excluding hydrogens is 388 g/mol. The van der Waals surface area contributed by atoms with Crippen LogP contribution in [0.5, 0.6) is 0 Å². The minimum atomic E-state index is 0.511. The zero-order valence-electron chi connectivity index (χ0n) is 18.1. The van der Waals surface area contributed by atoms with Gasteiger partial charge < -0.3 is 10.2 Å². The Bertz CT molecular complexity index is 1190. The topological polar surface area (TPSA) is 74.5 Å². The Morgan fingerprint density at radius 3 is 2.77 bits per heavy atom. The van der Waals surface area contributed by atoms with Crippen LogP contribution in [-0.4, -0.2) is 68.9 Å². The molecule has 0 saturated carbocycles. The smallest absolute Gasteiger partial charge is 0.207 e. The minimum Gasteiger partial charge on any atom is -0.368 e. The molecule has 1 aliphatic heterocycles. The van der Waals surface area contributed by atoms with E-state index in [9.17, 15) is 0 Å². The van der Waals surface area contributed by atoms with Gasteiger partial charge in [-0.15, -0.1) is 14.8 Å². The van der Waals surface area contributed by atoms with Gasteiger partial charge in [0.15, 0.2) is 5.82 Å². The number of benzene rings is 2. The van der Waals surface area contributed by atoms with Gasteiger partial charge in [-0.1, -0.05) is 36.4 Å². The van der Waals surface area contributed by atoms with Crippen molar-refractivity contribution in [3.8, 4) is 0 Å². The second-order valence-electron chi connectivity index (χ2n) is 8.35. The summed E-state index contributed by atoms with van der Waals surface area (Å²) in [5, 5.41) is 21.9. The van der Waals surface area contributed by atoms with Crippen molar-refractivity contribution in [3.63, 3.8) is 0 Å². The van der Waals surface area contributed by atoms with Crippen LogP contribution in [0, 0.1) is 6.92 Å². The van der Waals surface area contributed by atoms with E-state index in [1.54, 1.807) is 0 Å². The molecule has 0 radical (unpaired) electrons. The van der Waals surface area contributed by atoms with Crippen LogP contribution in [0.15, 0.2) is 48.5 Å². The van der Waals surface area contributed by atoms with E-state index in [4.69, 9.17) is 0 Å². The first kappa shape index (κ1) is 19.7. The van der Waals surface area contributed by atoms with Gasteiger partial charge in [0.25, 0.3) is 0 Å². The number of hydrogen-bond acceptors (Lipinski definition) is 7. The maximum atomic E-state index is 4.56. The fourth-order valence-corrected chi connectivity index (χ4v) is 4.51. The van der Waals surface area contributed by atoms with E-state index in [0.717, 1.165) is 55.7 Å². The summed E-state index contributed by atoms with van der Waals surface area (Å²) in [7, 11) is 0. The van der Waals surface area contributed by atoms with E-state index < -0.39 is 0 Å². The molecular formula is C23H28N8. The number of tetrazole rings is 1. The van der Waals surface area contributed by atoms with Gasteiger partial charge in [-0.2, -0.15) is 0 Å². The second-order valence-corrected chi connectivity index (χ2v) is 8.35. The molecule has 8 nitrogen and oxygen atoms in total. The maximum absolute atomic E-state index is 4.56. The zero-order valence-corrected chi connectivity index (χ0v) is 18.1. The molecule has 1 aliphatic rings. The molecule has 1 N–H and O–H groups in total. The number of fused-ring (bicyclic) bond motifs is 3. The molecule has 8 heteroatoms. The Labute approximate surface area is 181 Å². The standard InChI is InChI=1S/C23H28N8/c1-17-7-5-8-19(15-17)30-14-13-29(16-18(30)2)12-6-11-24-22-20-9-3-4-10-21(20)23-25-27-28-31(23)26-22/h3-5,7-10,15,18H,6,11-14,16H2,1-2H3,(H,24,26)/t18-/m0/s1. The van der Waals surface area contributed by atoms with Crippen LogP contribution in [0.1, 0.15) is 18.9 Å². The lowest BCUT2D eigenvalue weighted by molar-refractivity contribution is 0.228. The molecule has 1 saturated heterocycles. The van der Waals surface area contributed by atoms with Gasteiger partial charge >= 0.3 is 0 Å². The molecule has 0 bridgehead atoms. The van der Waals surface area contributed by atoms with Gasteiger partial charge in [-0.05, 0) is 54.9 Å². The van der Waals surface area contributed by atoms with Crippen LogP contribution >= 0.6 is 0 Å². The highest BCUT2D eigenvalue weighted by Gasteiger charge is 2.23. The van der Waals surface area contributed by atoms with Crippen molar-refractivity contribution in [1.82, 2.24) is 30.2 Å². The number of nitrogens with one attached hydrogen (secondary N) is 1. The number of nitrogens with zero attached hydrogens (tertiary/aromatic N) is 7. The average Bonchev–Trinajstić information content (AvgIpc) is 3.25. The molecule has 3 heterocycles. The summed E-state index contributed by atoms with van der Waals surface area (Å²) in [6, 6.07) is 17.4. The summed E-state index contributed by atoms with van der Waals surface area (Å²) in [6.45, 7) is 9.67. The number of piperazine rings is 1. The summed E-state index contributed by atoms with van der Waals surface area (Å²) in [6.07, 6.45) is 1.06.